The van der Waals surface area contributed by atoms with Gasteiger partial charge < -0.3 is 10.1 Å². The summed E-state index contributed by atoms with van der Waals surface area (Å²) in [6.45, 7) is 2.45. The first kappa shape index (κ1) is 15.1. The Morgan fingerprint density at radius 1 is 1.19 bits per heavy atom. The van der Waals surface area contributed by atoms with Crippen molar-refractivity contribution in [2.24, 2.45) is 0 Å². The fraction of sp³-hybridized carbons (Fsp3) is 0.118. The zero-order valence-corrected chi connectivity index (χ0v) is 12.4. The molecule has 0 aromatic heterocycles. The first-order chi connectivity index (χ1) is 10.2. The Morgan fingerprint density at radius 3 is 2.62 bits per heavy atom. The van der Waals surface area contributed by atoms with Gasteiger partial charge in [0.05, 0.1) is 12.3 Å². The summed E-state index contributed by atoms with van der Waals surface area (Å²) in [5.74, 6) is 0.449. The molecule has 0 radical (unpaired) electrons. The Labute approximate surface area is 129 Å². The second kappa shape index (κ2) is 7.50. The van der Waals surface area contributed by atoms with Crippen LogP contribution < -0.4 is 10.1 Å². The minimum atomic E-state index is -0.211. The maximum Gasteiger partial charge on any atom is 0.248 e. The van der Waals surface area contributed by atoms with Gasteiger partial charge in [-0.2, -0.15) is 0 Å². The van der Waals surface area contributed by atoms with E-state index in [4.69, 9.17) is 16.3 Å². The molecule has 0 aliphatic rings. The van der Waals surface area contributed by atoms with E-state index < -0.39 is 0 Å². The minimum Gasteiger partial charge on any atom is -0.492 e. The summed E-state index contributed by atoms with van der Waals surface area (Å²) >= 11 is 5.81. The van der Waals surface area contributed by atoms with Crippen molar-refractivity contribution < 1.29 is 9.53 Å². The van der Waals surface area contributed by atoms with Crippen molar-refractivity contribution in [3.63, 3.8) is 0 Å². The zero-order chi connectivity index (χ0) is 15.1. The molecule has 0 spiro atoms. The molecular formula is C17H16ClNO2. The Balaban J connectivity index is 2.03. The maximum atomic E-state index is 11.9. The van der Waals surface area contributed by atoms with Crippen LogP contribution in [0.1, 0.15) is 12.5 Å². The molecule has 0 aliphatic carbocycles. The number of carbonyl (C=O) groups is 1. The van der Waals surface area contributed by atoms with E-state index in [0.29, 0.717) is 23.1 Å². The maximum absolute atomic E-state index is 11.9. The van der Waals surface area contributed by atoms with Crippen molar-refractivity contribution in [3.8, 4) is 5.75 Å². The van der Waals surface area contributed by atoms with Crippen LogP contribution in [-0.2, 0) is 4.79 Å². The van der Waals surface area contributed by atoms with Crippen LogP contribution in [-0.4, -0.2) is 12.5 Å². The van der Waals surface area contributed by atoms with Gasteiger partial charge >= 0.3 is 0 Å². The summed E-state index contributed by atoms with van der Waals surface area (Å²) < 4.78 is 5.46. The smallest absolute Gasteiger partial charge is 0.248 e. The van der Waals surface area contributed by atoms with Crippen molar-refractivity contribution in [3.05, 3.63) is 65.2 Å². The third-order valence-electron chi connectivity index (χ3n) is 2.74. The number of para-hydroxylation sites is 2. The first-order valence-electron chi connectivity index (χ1n) is 6.65. The van der Waals surface area contributed by atoms with Crippen LogP contribution in [0, 0.1) is 0 Å². The van der Waals surface area contributed by atoms with Crippen LogP contribution in [0.2, 0.25) is 5.02 Å². The van der Waals surface area contributed by atoms with Crippen molar-refractivity contribution >= 4 is 29.3 Å². The van der Waals surface area contributed by atoms with Gasteiger partial charge in [-0.25, -0.2) is 0 Å². The molecule has 4 heteroatoms. The number of rotatable bonds is 5. The Kier molecular flexibility index (Phi) is 5.41. The molecule has 0 fully saturated rings. The second-order valence-electron chi connectivity index (χ2n) is 4.30. The highest BCUT2D eigenvalue weighted by Crippen LogP contribution is 2.23. The lowest BCUT2D eigenvalue weighted by Gasteiger charge is -2.09. The first-order valence-corrected chi connectivity index (χ1v) is 7.03. The monoisotopic (exact) mass is 301 g/mol. The number of hydrogen-bond donors (Lipinski definition) is 1. The van der Waals surface area contributed by atoms with Gasteiger partial charge in [-0.1, -0.05) is 35.9 Å². The fourth-order valence-corrected chi connectivity index (χ4v) is 1.90. The lowest BCUT2D eigenvalue weighted by Crippen LogP contribution is -2.09. The van der Waals surface area contributed by atoms with E-state index >= 15 is 0 Å². The fourth-order valence-electron chi connectivity index (χ4n) is 1.77. The van der Waals surface area contributed by atoms with E-state index in [-0.39, 0.29) is 5.91 Å². The second-order valence-corrected chi connectivity index (χ2v) is 4.74. The normalized spacial score (nSPS) is 10.6. The molecule has 2 rings (SSSR count). The largest absolute Gasteiger partial charge is 0.492 e. The molecule has 0 heterocycles. The van der Waals surface area contributed by atoms with E-state index in [1.54, 1.807) is 24.3 Å². The summed E-state index contributed by atoms with van der Waals surface area (Å²) in [5, 5.41) is 3.47. The number of ether oxygens (including phenoxy) is 1. The summed E-state index contributed by atoms with van der Waals surface area (Å²) in [7, 11) is 0. The van der Waals surface area contributed by atoms with Gasteiger partial charge in [-0.3, -0.25) is 4.79 Å². The van der Waals surface area contributed by atoms with Crippen molar-refractivity contribution in [2.75, 3.05) is 11.9 Å². The number of amides is 1. The molecule has 0 saturated carbocycles. The molecule has 1 N–H and O–H groups in total. The third kappa shape index (κ3) is 4.65. The molecule has 0 bridgehead atoms. The van der Waals surface area contributed by atoms with E-state index in [1.807, 2.05) is 37.3 Å². The van der Waals surface area contributed by atoms with Crippen molar-refractivity contribution in [2.45, 2.75) is 6.92 Å². The number of halogens is 1. The Morgan fingerprint density at radius 2 is 1.90 bits per heavy atom. The van der Waals surface area contributed by atoms with Crippen LogP contribution in [0.25, 0.3) is 6.08 Å². The molecule has 0 unspecified atom stereocenters. The SMILES string of the molecule is CCOc1ccccc1NC(=O)C=Cc1ccc(Cl)cc1. The highest BCUT2D eigenvalue weighted by molar-refractivity contribution is 6.30. The predicted octanol–water partition coefficient (Wildman–Crippen LogP) is 4.39. The van der Waals surface area contributed by atoms with Crippen LogP contribution in [0.3, 0.4) is 0 Å². The summed E-state index contributed by atoms with van der Waals surface area (Å²) in [6, 6.07) is 14.6. The molecule has 108 valence electrons. The van der Waals surface area contributed by atoms with Gasteiger partial charge in [0.1, 0.15) is 5.75 Å². The average molecular weight is 302 g/mol. The van der Waals surface area contributed by atoms with Crippen LogP contribution >= 0.6 is 11.6 Å². The molecule has 1 amide bonds. The summed E-state index contributed by atoms with van der Waals surface area (Å²) in [6.07, 6.45) is 3.21. The van der Waals surface area contributed by atoms with Gasteiger partial charge in [-0.15, -0.1) is 0 Å². The van der Waals surface area contributed by atoms with Crippen LogP contribution in [0.5, 0.6) is 5.75 Å². The molecule has 2 aromatic rings. The van der Waals surface area contributed by atoms with Gasteiger partial charge in [-0.05, 0) is 42.8 Å². The quantitative estimate of drug-likeness (QED) is 0.832. The summed E-state index contributed by atoms with van der Waals surface area (Å²) in [4.78, 5) is 11.9. The lowest BCUT2D eigenvalue weighted by atomic mass is 10.2. The number of nitrogens with one attached hydrogen (secondary N) is 1. The van der Waals surface area contributed by atoms with E-state index in [1.165, 1.54) is 6.08 Å². The van der Waals surface area contributed by atoms with Crippen molar-refractivity contribution in [1.82, 2.24) is 0 Å². The van der Waals surface area contributed by atoms with Crippen molar-refractivity contribution in [1.29, 1.82) is 0 Å². The topological polar surface area (TPSA) is 38.3 Å². The van der Waals surface area contributed by atoms with Crippen LogP contribution in [0.15, 0.2) is 54.6 Å². The van der Waals surface area contributed by atoms with Gasteiger partial charge in [0.15, 0.2) is 0 Å². The predicted molar refractivity (Wildman–Crippen MR) is 86.7 cm³/mol. The number of carbonyl (C=O) groups excluding carboxylic acids is 1. The highest BCUT2D eigenvalue weighted by atomic mass is 35.5. The molecule has 0 atom stereocenters. The van der Waals surface area contributed by atoms with Gasteiger partial charge in [0, 0.05) is 11.1 Å². The average Bonchev–Trinajstić information content (AvgIpc) is 2.49. The Bertz CT molecular complexity index is 635. The van der Waals surface area contributed by atoms with Gasteiger partial charge in [0.25, 0.3) is 0 Å². The van der Waals surface area contributed by atoms with E-state index in [0.717, 1.165) is 5.56 Å². The molecule has 21 heavy (non-hydrogen) atoms. The standard InChI is InChI=1S/C17H16ClNO2/c1-2-21-16-6-4-3-5-15(16)19-17(20)12-9-13-7-10-14(18)11-8-13/h3-12H,2H2,1H3,(H,19,20). The molecule has 0 aliphatic heterocycles. The number of hydrogen-bond acceptors (Lipinski definition) is 2. The molecule has 2 aromatic carbocycles. The van der Waals surface area contributed by atoms with Crippen LogP contribution in [0.4, 0.5) is 5.69 Å². The Hall–Kier alpha value is -2.26. The zero-order valence-electron chi connectivity index (χ0n) is 11.7. The lowest BCUT2D eigenvalue weighted by molar-refractivity contribution is -0.111. The minimum absolute atomic E-state index is 0.211. The molecule has 0 saturated heterocycles. The van der Waals surface area contributed by atoms with Gasteiger partial charge in [0.2, 0.25) is 5.91 Å². The molecule has 3 nitrogen and oxygen atoms in total. The summed E-state index contributed by atoms with van der Waals surface area (Å²) in [5.41, 5.74) is 1.57. The van der Waals surface area contributed by atoms with E-state index in [2.05, 4.69) is 5.32 Å². The third-order valence-corrected chi connectivity index (χ3v) is 2.99. The highest BCUT2D eigenvalue weighted by Gasteiger charge is 2.04. The van der Waals surface area contributed by atoms with E-state index in [9.17, 15) is 4.79 Å². The number of benzene rings is 2. The number of anilines is 1. The molecular weight excluding hydrogens is 286 g/mol.